The van der Waals surface area contributed by atoms with Gasteiger partial charge in [0.15, 0.2) is 0 Å². The number of imidazole rings is 1. The zero-order chi connectivity index (χ0) is 18.2. The maximum absolute atomic E-state index is 6.06. The zero-order valence-electron chi connectivity index (χ0n) is 15.0. The third-order valence-corrected chi connectivity index (χ3v) is 6.50. The van der Waals surface area contributed by atoms with Crippen molar-refractivity contribution in [3.63, 3.8) is 0 Å². The Morgan fingerprint density at radius 3 is 2.74 bits per heavy atom. The Bertz CT molecular complexity index is 1060. The van der Waals surface area contributed by atoms with E-state index in [0.717, 1.165) is 22.6 Å². The molecule has 0 spiro atoms. The molecule has 5 heteroatoms. The van der Waals surface area contributed by atoms with E-state index in [4.69, 9.17) is 5.73 Å². The summed E-state index contributed by atoms with van der Waals surface area (Å²) in [7, 11) is 0. The number of hydrogen-bond acceptors (Lipinski definition) is 4. The number of thiophene rings is 1. The van der Waals surface area contributed by atoms with Gasteiger partial charge in [-0.2, -0.15) is 0 Å². The number of aromatic amines is 1. The highest BCUT2D eigenvalue weighted by Gasteiger charge is 2.25. The second-order valence-corrected chi connectivity index (χ2v) is 8.28. The molecule has 1 aliphatic carbocycles. The van der Waals surface area contributed by atoms with Gasteiger partial charge in [-0.3, -0.25) is 0 Å². The van der Waals surface area contributed by atoms with Crippen molar-refractivity contribution in [3.05, 3.63) is 71.4 Å². The molecule has 0 amide bonds. The second-order valence-electron chi connectivity index (χ2n) is 7.17. The van der Waals surface area contributed by atoms with Crippen LogP contribution in [0.5, 0.6) is 0 Å². The third kappa shape index (κ3) is 3.36. The van der Waals surface area contributed by atoms with Crippen LogP contribution < -0.4 is 11.1 Å². The first-order valence-electron chi connectivity index (χ1n) is 9.40. The summed E-state index contributed by atoms with van der Waals surface area (Å²) in [6, 6.07) is 19.5. The summed E-state index contributed by atoms with van der Waals surface area (Å²) in [5, 5.41) is 3.54. The quantitative estimate of drug-likeness (QED) is 0.430. The van der Waals surface area contributed by atoms with Crippen molar-refractivity contribution in [2.75, 3.05) is 11.9 Å². The van der Waals surface area contributed by atoms with Crippen LogP contribution in [-0.4, -0.2) is 16.5 Å². The van der Waals surface area contributed by atoms with Gasteiger partial charge in [-0.15, -0.1) is 11.3 Å². The van der Waals surface area contributed by atoms with E-state index in [-0.39, 0.29) is 6.04 Å². The van der Waals surface area contributed by atoms with Gasteiger partial charge in [0.1, 0.15) is 0 Å². The van der Waals surface area contributed by atoms with Crippen LogP contribution in [0.1, 0.15) is 35.2 Å². The van der Waals surface area contributed by atoms with Crippen molar-refractivity contribution in [2.45, 2.75) is 24.8 Å². The average molecular weight is 375 g/mol. The molecule has 2 heterocycles. The summed E-state index contributed by atoms with van der Waals surface area (Å²) < 4.78 is 0. The van der Waals surface area contributed by atoms with Gasteiger partial charge in [-0.05, 0) is 60.2 Å². The Morgan fingerprint density at radius 2 is 1.96 bits per heavy atom. The lowest BCUT2D eigenvalue weighted by Crippen LogP contribution is -2.20. The third-order valence-electron chi connectivity index (χ3n) is 5.20. The highest BCUT2D eigenvalue weighted by molar-refractivity contribution is 7.15. The van der Waals surface area contributed by atoms with Crippen LogP contribution in [0.25, 0.3) is 21.5 Å². The van der Waals surface area contributed by atoms with E-state index in [2.05, 4.69) is 57.7 Å². The first-order valence-corrected chi connectivity index (χ1v) is 10.2. The molecule has 1 saturated carbocycles. The van der Waals surface area contributed by atoms with Crippen LogP contribution in [0.2, 0.25) is 0 Å². The Hall–Kier alpha value is -2.63. The van der Waals surface area contributed by atoms with E-state index in [1.54, 1.807) is 6.33 Å². The molecule has 1 atom stereocenters. The molecule has 4 aromatic rings. The highest BCUT2D eigenvalue weighted by Crippen LogP contribution is 2.45. The van der Waals surface area contributed by atoms with Gasteiger partial charge < -0.3 is 16.0 Å². The van der Waals surface area contributed by atoms with E-state index in [1.807, 2.05) is 23.5 Å². The minimum absolute atomic E-state index is 0.0702. The largest absolute Gasteiger partial charge is 0.377 e. The lowest BCUT2D eigenvalue weighted by atomic mass is 10.0. The number of nitrogens with two attached hydrogens (primary N) is 1. The van der Waals surface area contributed by atoms with Gasteiger partial charge in [0.25, 0.3) is 0 Å². The van der Waals surface area contributed by atoms with Gasteiger partial charge in [0.2, 0.25) is 0 Å². The summed E-state index contributed by atoms with van der Waals surface area (Å²) in [6.45, 7) is 0.531. The second kappa shape index (κ2) is 6.83. The Kier molecular flexibility index (Phi) is 4.19. The first-order chi connectivity index (χ1) is 13.3. The molecular weight excluding hydrogens is 352 g/mol. The average Bonchev–Trinajstić information content (AvgIpc) is 3.25. The van der Waals surface area contributed by atoms with E-state index in [1.165, 1.54) is 33.7 Å². The Morgan fingerprint density at radius 1 is 1.11 bits per heavy atom. The van der Waals surface area contributed by atoms with Crippen LogP contribution in [0, 0.1) is 0 Å². The zero-order valence-corrected chi connectivity index (χ0v) is 15.8. The molecule has 0 radical (unpaired) electrons. The standard InChI is InChI=1S/C22H22N4S/c23-12-20(26-17-7-8-18-19(11-17)25-13-24-18)14-1-3-15(4-2-14)21-9-10-22(27-21)16-5-6-16/h1-4,7-11,13,16,20,26H,5-6,12,23H2,(H,24,25). The number of hydrogen-bond donors (Lipinski definition) is 3. The number of anilines is 1. The number of nitrogens with one attached hydrogen (secondary N) is 2. The molecule has 4 nitrogen and oxygen atoms in total. The summed E-state index contributed by atoms with van der Waals surface area (Å²) in [6.07, 6.45) is 4.42. The molecule has 2 aromatic carbocycles. The summed E-state index contributed by atoms with van der Waals surface area (Å²) >= 11 is 1.93. The maximum Gasteiger partial charge on any atom is 0.0931 e. The summed E-state index contributed by atoms with van der Waals surface area (Å²) in [5.41, 5.74) is 11.6. The fourth-order valence-electron chi connectivity index (χ4n) is 3.48. The van der Waals surface area contributed by atoms with Crippen molar-refractivity contribution in [1.82, 2.24) is 9.97 Å². The Labute approximate surface area is 162 Å². The minimum Gasteiger partial charge on any atom is -0.377 e. The van der Waals surface area contributed by atoms with Crippen LogP contribution in [0.3, 0.4) is 0 Å². The van der Waals surface area contributed by atoms with Crippen molar-refractivity contribution < 1.29 is 0 Å². The molecule has 2 aromatic heterocycles. The van der Waals surface area contributed by atoms with Gasteiger partial charge >= 0.3 is 0 Å². The molecule has 136 valence electrons. The lowest BCUT2D eigenvalue weighted by Gasteiger charge is -2.19. The van der Waals surface area contributed by atoms with Crippen LogP contribution in [-0.2, 0) is 0 Å². The lowest BCUT2D eigenvalue weighted by molar-refractivity contribution is 0.790. The summed E-state index contributed by atoms with van der Waals surface area (Å²) in [5.74, 6) is 0.820. The highest BCUT2D eigenvalue weighted by atomic mass is 32.1. The molecule has 1 aliphatic rings. The maximum atomic E-state index is 6.06. The molecular formula is C22H22N4S. The van der Waals surface area contributed by atoms with Crippen molar-refractivity contribution >= 4 is 28.1 Å². The van der Waals surface area contributed by atoms with E-state index in [9.17, 15) is 0 Å². The van der Waals surface area contributed by atoms with Crippen molar-refractivity contribution in [2.24, 2.45) is 5.73 Å². The van der Waals surface area contributed by atoms with Crippen molar-refractivity contribution in [3.8, 4) is 10.4 Å². The molecule has 4 N–H and O–H groups in total. The predicted octanol–water partition coefficient (Wildman–Crippen LogP) is 5.28. The number of aromatic nitrogens is 2. The van der Waals surface area contributed by atoms with E-state index in [0.29, 0.717) is 6.54 Å². The number of nitrogens with zero attached hydrogens (tertiary/aromatic N) is 1. The first kappa shape index (κ1) is 16.5. The molecule has 0 aliphatic heterocycles. The molecule has 0 bridgehead atoms. The molecule has 1 unspecified atom stereocenters. The smallest absolute Gasteiger partial charge is 0.0931 e. The predicted molar refractivity (Wildman–Crippen MR) is 113 cm³/mol. The Balaban J connectivity index is 1.35. The monoisotopic (exact) mass is 374 g/mol. The molecule has 27 heavy (non-hydrogen) atoms. The fraction of sp³-hybridized carbons (Fsp3) is 0.227. The summed E-state index contributed by atoms with van der Waals surface area (Å²) in [4.78, 5) is 10.3. The molecule has 1 fully saturated rings. The van der Waals surface area contributed by atoms with E-state index >= 15 is 0 Å². The SMILES string of the molecule is NCC(Nc1ccc2[nH]cnc2c1)c1ccc(-c2ccc(C3CC3)s2)cc1. The molecule has 5 rings (SSSR count). The number of benzene rings is 2. The van der Waals surface area contributed by atoms with Crippen LogP contribution >= 0.6 is 11.3 Å². The van der Waals surface area contributed by atoms with Gasteiger partial charge in [-0.1, -0.05) is 24.3 Å². The van der Waals surface area contributed by atoms with E-state index < -0.39 is 0 Å². The number of fused-ring (bicyclic) bond motifs is 1. The number of H-pyrrole nitrogens is 1. The topological polar surface area (TPSA) is 66.7 Å². The van der Waals surface area contributed by atoms with Gasteiger partial charge in [-0.25, -0.2) is 4.98 Å². The minimum atomic E-state index is 0.0702. The van der Waals surface area contributed by atoms with Gasteiger partial charge in [0, 0.05) is 22.0 Å². The van der Waals surface area contributed by atoms with Crippen LogP contribution in [0.4, 0.5) is 5.69 Å². The van der Waals surface area contributed by atoms with Crippen molar-refractivity contribution in [1.29, 1.82) is 0 Å². The normalized spacial score (nSPS) is 15.1. The fourth-order valence-corrected chi connectivity index (χ4v) is 4.66. The number of rotatable bonds is 6. The molecule has 0 saturated heterocycles. The van der Waals surface area contributed by atoms with Crippen LogP contribution in [0.15, 0.2) is 60.9 Å². The van der Waals surface area contributed by atoms with Gasteiger partial charge in [0.05, 0.1) is 23.4 Å².